The summed E-state index contributed by atoms with van der Waals surface area (Å²) in [6, 6.07) is 0. The van der Waals surface area contributed by atoms with E-state index >= 15 is 0 Å². The van der Waals surface area contributed by atoms with E-state index in [2.05, 4.69) is 9.78 Å². The first-order valence-corrected chi connectivity index (χ1v) is 3.90. The van der Waals surface area contributed by atoms with Crippen molar-refractivity contribution in [2.45, 2.75) is 12.8 Å². The highest BCUT2D eigenvalue weighted by atomic mass is 17.2. The zero-order chi connectivity index (χ0) is 10.4. The smallest absolute Gasteiger partial charge is 0.253 e. The maximum Gasteiger partial charge on any atom is 0.253 e. The lowest BCUT2D eigenvalue weighted by atomic mass is 10.4. The minimum Gasteiger partial charge on any atom is -0.299 e. The van der Waals surface area contributed by atoms with E-state index in [4.69, 9.17) is 5.21 Å². The summed E-state index contributed by atoms with van der Waals surface area (Å²) >= 11 is 0. The molecule has 0 aliphatic carbocycles. The SMILES string of the molecule is C1=COOC=C1.O=C1CCC(=O)N1O. The Hall–Kier alpha value is -1.82. The summed E-state index contributed by atoms with van der Waals surface area (Å²) in [6.45, 7) is 0. The van der Waals surface area contributed by atoms with Crippen LogP contribution in [0.1, 0.15) is 12.8 Å². The van der Waals surface area contributed by atoms with Crippen molar-refractivity contribution in [1.82, 2.24) is 5.06 Å². The number of nitrogens with zero attached hydrogens (tertiary/aromatic N) is 1. The van der Waals surface area contributed by atoms with E-state index < -0.39 is 11.8 Å². The van der Waals surface area contributed by atoms with E-state index in [1.165, 1.54) is 12.5 Å². The van der Waals surface area contributed by atoms with E-state index in [1.807, 2.05) is 0 Å². The lowest BCUT2D eigenvalue weighted by molar-refractivity contribution is -0.198. The molecule has 0 aromatic heterocycles. The van der Waals surface area contributed by atoms with Crippen molar-refractivity contribution in [1.29, 1.82) is 0 Å². The number of carbonyl (C=O) groups is 2. The van der Waals surface area contributed by atoms with E-state index in [0.717, 1.165) is 0 Å². The van der Waals surface area contributed by atoms with Gasteiger partial charge >= 0.3 is 0 Å². The Balaban J connectivity index is 0.000000146. The Bertz CT molecular complexity index is 255. The summed E-state index contributed by atoms with van der Waals surface area (Å²) in [4.78, 5) is 29.1. The van der Waals surface area contributed by atoms with Crippen molar-refractivity contribution in [2.75, 3.05) is 0 Å². The number of hydrogen-bond donors (Lipinski definition) is 1. The molecule has 1 saturated heterocycles. The first kappa shape index (κ1) is 10.3. The molecule has 0 spiro atoms. The third-order valence-corrected chi connectivity index (χ3v) is 1.46. The molecule has 0 saturated carbocycles. The fourth-order valence-electron chi connectivity index (χ4n) is 0.784. The van der Waals surface area contributed by atoms with Crippen LogP contribution in [0.4, 0.5) is 0 Å². The van der Waals surface area contributed by atoms with Crippen LogP contribution in [-0.2, 0) is 19.4 Å². The Morgan fingerprint density at radius 3 is 1.64 bits per heavy atom. The highest BCUT2D eigenvalue weighted by molar-refractivity contribution is 6.00. The van der Waals surface area contributed by atoms with Gasteiger partial charge in [-0.05, 0) is 12.2 Å². The first-order valence-electron chi connectivity index (χ1n) is 3.90. The summed E-state index contributed by atoms with van der Waals surface area (Å²) in [6.07, 6.45) is 6.69. The average Bonchev–Trinajstić information content (AvgIpc) is 2.53. The molecule has 2 rings (SSSR count). The van der Waals surface area contributed by atoms with Crippen LogP contribution in [0.3, 0.4) is 0 Å². The molecule has 2 aliphatic rings. The summed E-state index contributed by atoms with van der Waals surface area (Å²) in [5.41, 5.74) is 0. The Morgan fingerprint density at radius 1 is 1.07 bits per heavy atom. The lowest BCUT2D eigenvalue weighted by Gasteiger charge is -1.98. The molecule has 6 heteroatoms. The molecule has 6 nitrogen and oxygen atoms in total. The molecule has 76 valence electrons. The maximum atomic E-state index is 10.2. The second-order valence-corrected chi connectivity index (χ2v) is 2.45. The zero-order valence-corrected chi connectivity index (χ0v) is 7.25. The molecular weight excluding hydrogens is 190 g/mol. The van der Waals surface area contributed by atoms with Crippen molar-refractivity contribution >= 4 is 11.8 Å². The van der Waals surface area contributed by atoms with Crippen molar-refractivity contribution in [3.05, 3.63) is 24.7 Å². The predicted octanol–water partition coefficient (Wildman–Crippen LogP) is 0.500. The summed E-state index contributed by atoms with van der Waals surface area (Å²) < 4.78 is 0. The van der Waals surface area contributed by atoms with Gasteiger partial charge in [0.1, 0.15) is 12.5 Å². The highest BCUT2D eigenvalue weighted by Crippen LogP contribution is 2.06. The lowest BCUT2D eigenvalue weighted by Crippen LogP contribution is -2.24. The average molecular weight is 199 g/mol. The minimum absolute atomic E-state index is 0.148. The van der Waals surface area contributed by atoms with Crippen LogP contribution >= 0.6 is 0 Å². The highest BCUT2D eigenvalue weighted by Gasteiger charge is 2.26. The number of rotatable bonds is 0. The molecule has 14 heavy (non-hydrogen) atoms. The van der Waals surface area contributed by atoms with E-state index in [9.17, 15) is 9.59 Å². The molecule has 0 atom stereocenters. The van der Waals surface area contributed by atoms with Gasteiger partial charge in [0.2, 0.25) is 0 Å². The standard InChI is InChI=1S/C4H5NO3.C4H4O2/c6-3-1-2-4(7)5(3)8;1-2-4-6-5-3-1/h8H,1-2H2;1-4H. The Kier molecular flexibility index (Phi) is 3.69. The monoisotopic (exact) mass is 199 g/mol. The van der Waals surface area contributed by atoms with E-state index in [0.29, 0.717) is 0 Å². The van der Waals surface area contributed by atoms with Gasteiger partial charge in [-0.1, -0.05) is 0 Å². The second kappa shape index (κ2) is 5.03. The predicted molar refractivity (Wildman–Crippen MR) is 43.3 cm³/mol. The van der Waals surface area contributed by atoms with Gasteiger partial charge in [0.15, 0.2) is 0 Å². The number of allylic oxidation sites excluding steroid dienone is 2. The van der Waals surface area contributed by atoms with Crippen LogP contribution < -0.4 is 0 Å². The molecule has 1 fully saturated rings. The Labute approximate surface area is 79.9 Å². The number of hydrogen-bond acceptors (Lipinski definition) is 5. The van der Waals surface area contributed by atoms with Gasteiger partial charge < -0.3 is 0 Å². The summed E-state index contributed by atoms with van der Waals surface area (Å²) in [5, 5.41) is 8.57. The second-order valence-electron chi connectivity index (χ2n) is 2.45. The number of imide groups is 1. The van der Waals surface area contributed by atoms with Crippen LogP contribution in [0, 0.1) is 0 Å². The van der Waals surface area contributed by atoms with Gasteiger partial charge in [0, 0.05) is 12.8 Å². The molecule has 0 unspecified atom stereocenters. The van der Waals surface area contributed by atoms with Crippen LogP contribution in [0.5, 0.6) is 0 Å². The topological polar surface area (TPSA) is 76.1 Å². The minimum atomic E-state index is -0.505. The van der Waals surface area contributed by atoms with Gasteiger partial charge in [-0.2, -0.15) is 5.06 Å². The van der Waals surface area contributed by atoms with Gasteiger partial charge in [0.25, 0.3) is 11.8 Å². The van der Waals surface area contributed by atoms with E-state index in [-0.39, 0.29) is 17.9 Å². The van der Waals surface area contributed by atoms with Gasteiger partial charge in [-0.25, -0.2) is 0 Å². The van der Waals surface area contributed by atoms with Crippen molar-refractivity contribution in [2.24, 2.45) is 0 Å². The molecule has 0 radical (unpaired) electrons. The first-order chi connectivity index (χ1) is 6.72. The van der Waals surface area contributed by atoms with Crippen molar-refractivity contribution in [3.63, 3.8) is 0 Å². The summed E-state index contributed by atoms with van der Waals surface area (Å²) in [5.74, 6) is -1.01. The fraction of sp³-hybridized carbons (Fsp3) is 0.250. The maximum absolute atomic E-state index is 10.2. The fourth-order valence-corrected chi connectivity index (χ4v) is 0.784. The molecular formula is C8H9NO5. The van der Waals surface area contributed by atoms with Gasteiger partial charge in [-0.15, -0.1) is 0 Å². The molecule has 0 aromatic carbocycles. The van der Waals surface area contributed by atoms with Gasteiger partial charge in [0.05, 0.1) is 0 Å². The van der Waals surface area contributed by atoms with Crippen LogP contribution in [0.2, 0.25) is 0 Å². The molecule has 2 aliphatic heterocycles. The van der Waals surface area contributed by atoms with Crippen LogP contribution in [0.15, 0.2) is 24.7 Å². The molecule has 0 aromatic rings. The third kappa shape index (κ3) is 2.91. The number of amides is 2. The van der Waals surface area contributed by atoms with Crippen molar-refractivity contribution in [3.8, 4) is 0 Å². The zero-order valence-electron chi connectivity index (χ0n) is 7.25. The van der Waals surface area contributed by atoms with E-state index in [1.54, 1.807) is 12.2 Å². The molecule has 2 heterocycles. The van der Waals surface area contributed by atoms with Gasteiger partial charge in [-0.3, -0.25) is 24.6 Å². The van der Waals surface area contributed by atoms with Crippen LogP contribution in [0.25, 0.3) is 0 Å². The molecule has 2 amide bonds. The molecule has 0 bridgehead atoms. The summed E-state index contributed by atoms with van der Waals surface area (Å²) in [7, 11) is 0. The largest absolute Gasteiger partial charge is 0.299 e. The third-order valence-electron chi connectivity index (χ3n) is 1.46. The normalized spacial score (nSPS) is 18.5. The van der Waals surface area contributed by atoms with Crippen molar-refractivity contribution < 1.29 is 24.6 Å². The quantitative estimate of drug-likeness (QED) is 0.349. The number of carbonyl (C=O) groups excluding carboxylic acids is 2. The van der Waals surface area contributed by atoms with Crippen LogP contribution in [-0.4, -0.2) is 22.1 Å². The number of hydroxylamine groups is 2. The molecule has 1 N–H and O–H groups in total. The Morgan fingerprint density at radius 2 is 1.50 bits per heavy atom.